The highest BCUT2D eigenvalue weighted by atomic mass is 19.2. The lowest BCUT2D eigenvalue weighted by molar-refractivity contribution is 0.306. The van der Waals surface area contributed by atoms with E-state index < -0.39 is 11.7 Å². The third kappa shape index (κ3) is 6.00. The Hall–Kier alpha value is -2.16. The van der Waals surface area contributed by atoms with Crippen LogP contribution in [0, 0.1) is 0 Å². The second-order valence-electron chi connectivity index (χ2n) is 6.20. The molecule has 0 radical (unpaired) electrons. The first-order chi connectivity index (χ1) is 12.1. The van der Waals surface area contributed by atoms with Gasteiger partial charge in [0.15, 0.2) is 5.83 Å². The summed E-state index contributed by atoms with van der Waals surface area (Å²) in [6.07, 6.45) is 4.20. The number of hydrogen-bond donors (Lipinski definition) is 0. The fraction of sp³-hybridized carbons (Fsp3) is 0.364. The van der Waals surface area contributed by atoms with Crippen LogP contribution in [0.4, 0.5) is 8.78 Å². The molecule has 2 rings (SSSR count). The van der Waals surface area contributed by atoms with E-state index in [1.165, 1.54) is 18.4 Å². The van der Waals surface area contributed by atoms with E-state index in [2.05, 4.69) is 31.2 Å². The van der Waals surface area contributed by atoms with Crippen LogP contribution >= 0.6 is 0 Å². The molecule has 0 aliphatic rings. The van der Waals surface area contributed by atoms with E-state index in [9.17, 15) is 8.78 Å². The highest BCUT2D eigenvalue weighted by Gasteiger charge is 2.08. The zero-order valence-electron chi connectivity index (χ0n) is 15.0. The Morgan fingerprint density at radius 1 is 0.840 bits per heavy atom. The molecule has 0 heterocycles. The van der Waals surface area contributed by atoms with Gasteiger partial charge in [0.2, 0.25) is 0 Å². The number of unbranched alkanes of at least 4 members (excludes halogenated alkanes) is 1. The van der Waals surface area contributed by atoms with Crippen LogP contribution in [0.2, 0.25) is 0 Å². The first-order valence-electron chi connectivity index (χ1n) is 8.99. The van der Waals surface area contributed by atoms with Crippen molar-refractivity contribution >= 4 is 5.83 Å². The van der Waals surface area contributed by atoms with E-state index in [0.717, 1.165) is 12.0 Å². The highest BCUT2D eigenvalue weighted by Crippen LogP contribution is 2.26. The molecule has 1 nitrogen and oxygen atoms in total. The molecule has 25 heavy (non-hydrogen) atoms. The van der Waals surface area contributed by atoms with Crippen molar-refractivity contribution in [2.75, 3.05) is 0 Å². The van der Waals surface area contributed by atoms with Crippen LogP contribution in [0.3, 0.4) is 0 Å². The fourth-order valence-corrected chi connectivity index (χ4v) is 2.53. The largest absolute Gasteiger partial charge is 0.489 e. The molecule has 0 unspecified atom stereocenters. The minimum atomic E-state index is -0.781. The lowest BCUT2D eigenvalue weighted by atomic mass is 10.1. The number of halogens is 2. The molecule has 0 saturated heterocycles. The lowest BCUT2D eigenvalue weighted by Crippen LogP contribution is -1.96. The van der Waals surface area contributed by atoms with Crippen LogP contribution in [-0.4, -0.2) is 0 Å². The van der Waals surface area contributed by atoms with Gasteiger partial charge in [-0.1, -0.05) is 44.5 Å². The molecule has 0 fully saturated rings. The topological polar surface area (TPSA) is 9.23 Å². The molecule has 0 spiro atoms. The van der Waals surface area contributed by atoms with Crippen LogP contribution < -0.4 is 4.74 Å². The zero-order chi connectivity index (χ0) is 18.1. The normalized spacial score (nSPS) is 12.0. The maximum atomic E-state index is 13.9. The molecule has 0 N–H and O–H groups in total. The van der Waals surface area contributed by atoms with Gasteiger partial charge >= 0.3 is 0 Å². The lowest BCUT2D eigenvalue weighted by Gasteiger charge is -2.08. The number of hydrogen-bond acceptors (Lipinski definition) is 1. The van der Waals surface area contributed by atoms with Crippen LogP contribution in [0.5, 0.6) is 5.75 Å². The minimum Gasteiger partial charge on any atom is -0.489 e. The average molecular weight is 344 g/mol. The molecule has 2 aromatic rings. The van der Waals surface area contributed by atoms with Crippen molar-refractivity contribution in [3.63, 3.8) is 0 Å². The minimum absolute atomic E-state index is 0.123. The van der Waals surface area contributed by atoms with Gasteiger partial charge in [-0.25, -0.2) is 8.78 Å². The predicted octanol–water partition coefficient (Wildman–Crippen LogP) is 7.02. The number of allylic oxidation sites excluding steroid dienone is 1. The van der Waals surface area contributed by atoms with Crippen molar-refractivity contribution in [3.05, 3.63) is 71.0 Å². The maximum absolute atomic E-state index is 13.9. The molecule has 0 amide bonds. The second kappa shape index (κ2) is 9.97. The van der Waals surface area contributed by atoms with Gasteiger partial charge in [-0.2, -0.15) is 0 Å². The Labute approximate surface area is 149 Å². The van der Waals surface area contributed by atoms with Crippen molar-refractivity contribution in [3.8, 4) is 5.75 Å². The second-order valence-corrected chi connectivity index (χ2v) is 6.20. The molecule has 2 aromatic carbocycles. The molecule has 0 saturated carbocycles. The molecule has 0 atom stereocenters. The number of aryl methyl sites for hydroxylation is 1. The number of rotatable bonds is 9. The van der Waals surface area contributed by atoms with E-state index in [0.29, 0.717) is 18.8 Å². The standard InChI is InChI=1S/C22H26F2O/c1-3-5-7-17-8-10-18(11-9-17)16-25-20-14-12-19(13-15-20)22(24)21(23)6-4-2/h8-15H,3-7,16H2,1-2H3. The molecular weight excluding hydrogens is 318 g/mol. The summed E-state index contributed by atoms with van der Waals surface area (Å²) in [5.41, 5.74) is 2.68. The Bertz CT molecular complexity index is 672. The quantitative estimate of drug-likeness (QED) is 0.475. The molecule has 0 aliphatic carbocycles. The fourth-order valence-electron chi connectivity index (χ4n) is 2.53. The van der Waals surface area contributed by atoms with Crippen molar-refractivity contribution < 1.29 is 13.5 Å². The Balaban J connectivity index is 1.92. The molecule has 0 aromatic heterocycles. The molecule has 134 valence electrons. The summed E-state index contributed by atoms with van der Waals surface area (Å²) in [5, 5.41) is 0. The van der Waals surface area contributed by atoms with Crippen molar-refractivity contribution in [2.24, 2.45) is 0 Å². The van der Waals surface area contributed by atoms with Gasteiger partial charge in [-0.3, -0.25) is 0 Å². The molecule has 0 aliphatic heterocycles. The van der Waals surface area contributed by atoms with E-state index in [-0.39, 0.29) is 12.0 Å². The average Bonchev–Trinajstić information content (AvgIpc) is 2.65. The Morgan fingerprint density at radius 2 is 1.48 bits per heavy atom. The monoisotopic (exact) mass is 344 g/mol. The molecule has 0 bridgehead atoms. The van der Waals surface area contributed by atoms with E-state index in [1.807, 2.05) is 6.92 Å². The van der Waals surface area contributed by atoms with Crippen molar-refractivity contribution in [2.45, 2.75) is 52.6 Å². The summed E-state index contributed by atoms with van der Waals surface area (Å²) in [5.74, 6) is -0.835. The van der Waals surface area contributed by atoms with Gasteiger partial charge in [-0.15, -0.1) is 0 Å². The zero-order valence-corrected chi connectivity index (χ0v) is 15.0. The van der Waals surface area contributed by atoms with Gasteiger partial charge in [0.05, 0.1) is 0 Å². The van der Waals surface area contributed by atoms with Gasteiger partial charge in [0, 0.05) is 12.0 Å². The third-order valence-corrected chi connectivity index (χ3v) is 4.06. The van der Waals surface area contributed by atoms with Gasteiger partial charge in [0.25, 0.3) is 0 Å². The van der Waals surface area contributed by atoms with Gasteiger partial charge in [0.1, 0.15) is 18.2 Å². The molecule has 3 heteroatoms. The van der Waals surface area contributed by atoms with Crippen LogP contribution in [0.1, 0.15) is 56.2 Å². The van der Waals surface area contributed by atoms with Gasteiger partial charge in [-0.05, 0) is 54.7 Å². The Kier molecular flexibility index (Phi) is 7.65. The summed E-state index contributed by atoms with van der Waals surface area (Å²) in [6, 6.07) is 14.8. The molecular formula is C22H26F2O. The summed E-state index contributed by atoms with van der Waals surface area (Å²) in [6.45, 7) is 4.46. The number of benzene rings is 2. The summed E-state index contributed by atoms with van der Waals surface area (Å²) >= 11 is 0. The van der Waals surface area contributed by atoms with Crippen LogP contribution in [-0.2, 0) is 13.0 Å². The SMILES string of the molecule is CCCCc1ccc(COc2ccc(C(F)=C(F)CCC)cc2)cc1. The van der Waals surface area contributed by atoms with E-state index in [4.69, 9.17) is 4.74 Å². The van der Waals surface area contributed by atoms with E-state index >= 15 is 0 Å². The first-order valence-corrected chi connectivity index (χ1v) is 8.99. The van der Waals surface area contributed by atoms with Crippen molar-refractivity contribution in [1.82, 2.24) is 0 Å². The summed E-state index contributed by atoms with van der Waals surface area (Å²) < 4.78 is 33.1. The highest BCUT2D eigenvalue weighted by molar-refractivity contribution is 5.61. The van der Waals surface area contributed by atoms with Crippen LogP contribution in [0.25, 0.3) is 5.83 Å². The van der Waals surface area contributed by atoms with Crippen molar-refractivity contribution in [1.29, 1.82) is 0 Å². The maximum Gasteiger partial charge on any atom is 0.161 e. The van der Waals surface area contributed by atoms with Crippen LogP contribution in [0.15, 0.2) is 54.4 Å². The third-order valence-electron chi connectivity index (χ3n) is 4.06. The smallest absolute Gasteiger partial charge is 0.161 e. The predicted molar refractivity (Wildman–Crippen MR) is 99.9 cm³/mol. The number of ether oxygens (including phenoxy) is 1. The van der Waals surface area contributed by atoms with E-state index in [1.54, 1.807) is 24.3 Å². The Morgan fingerprint density at radius 3 is 2.08 bits per heavy atom. The summed E-state index contributed by atoms with van der Waals surface area (Å²) in [7, 11) is 0. The van der Waals surface area contributed by atoms with Gasteiger partial charge < -0.3 is 4.74 Å². The summed E-state index contributed by atoms with van der Waals surface area (Å²) in [4.78, 5) is 0. The first kappa shape index (κ1) is 19.2.